The van der Waals surface area contributed by atoms with Gasteiger partial charge in [0.1, 0.15) is 11.3 Å². The zero-order valence-corrected chi connectivity index (χ0v) is 18.0. The Hall–Kier alpha value is -3.63. The van der Waals surface area contributed by atoms with E-state index in [2.05, 4.69) is 46.3 Å². The van der Waals surface area contributed by atoms with E-state index in [0.717, 1.165) is 43.3 Å². The Kier molecular flexibility index (Phi) is 4.92. The highest BCUT2D eigenvalue weighted by atomic mass is 79.9. The first-order valence-electron chi connectivity index (χ1n) is 9.81. The van der Waals surface area contributed by atoms with Crippen molar-refractivity contribution >= 4 is 55.8 Å². The summed E-state index contributed by atoms with van der Waals surface area (Å²) in [5.41, 5.74) is 4.14. The summed E-state index contributed by atoms with van der Waals surface area (Å²) in [4.78, 5) is 11.1. The molecule has 0 fully saturated rings. The number of carbonyl (C=O) groups is 1. The van der Waals surface area contributed by atoms with Crippen LogP contribution in [0.1, 0.15) is 21.5 Å². The van der Waals surface area contributed by atoms with E-state index in [9.17, 15) is 4.79 Å². The molecule has 0 aliphatic heterocycles. The number of rotatable bonds is 4. The fourth-order valence-corrected chi connectivity index (χ4v) is 4.16. The Labute approximate surface area is 187 Å². The molecule has 1 aromatic heterocycles. The van der Waals surface area contributed by atoms with Crippen LogP contribution in [-0.4, -0.2) is 11.1 Å². The van der Waals surface area contributed by atoms with E-state index >= 15 is 0 Å². The Morgan fingerprint density at radius 1 is 0.839 bits per heavy atom. The molecule has 0 unspecified atom stereocenters. The van der Waals surface area contributed by atoms with Gasteiger partial charge in [-0.3, -0.25) is 0 Å². The maximum absolute atomic E-state index is 11.1. The summed E-state index contributed by atoms with van der Waals surface area (Å²) in [6, 6.07) is 27.7. The Morgan fingerprint density at radius 2 is 1.61 bits per heavy atom. The molecule has 0 bridgehead atoms. The number of carboxylic acids is 1. The first-order chi connectivity index (χ1) is 15.1. The summed E-state index contributed by atoms with van der Waals surface area (Å²) < 4.78 is 6.96. The molecule has 0 saturated carbocycles. The minimum absolute atomic E-state index is 0.256. The van der Waals surface area contributed by atoms with Gasteiger partial charge >= 0.3 is 5.97 Å². The van der Waals surface area contributed by atoms with Crippen molar-refractivity contribution in [1.82, 2.24) is 0 Å². The van der Waals surface area contributed by atoms with Crippen LogP contribution in [0.4, 0.5) is 0 Å². The molecule has 150 valence electrons. The van der Waals surface area contributed by atoms with Crippen molar-refractivity contribution < 1.29 is 14.3 Å². The van der Waals surface area contributed by atoms with Crippen molar-refractivity contribution in [2.45, 2.75) is 0 Å². The highest BCUT2D eigenvalue weighted by Crippen LogP contribution is 2.33. The predicted molar refractivity (Wildman–Crippen MR) is 129 cm³/mol. The Balaban J connectivity index is 1.42. The van der Waals surface area contributed by atoms with Gasteiger partial charge in [-0.1, -0.05) is 94.8 Å². The molecule has 0 radical (unpaired) electrons. The number of hydrogen-bond acceptors (Lipinski definition) is 2. The molecule has 4 heteroatoms. The van der Waals surface area contributed by atoms with Gasteiger partial charge in [-0.05, 0) is 34.7 Å². The average molecular weight is 469 g/mol. The first kappa shape index (κ1) is 19.3. The summed E-state index contributed by atoms with van der Waals surface area (Å²) in [5, 5.41) is 12.5. The molecule has 0 amide bonds. The number of benzene rings is 4. The third kappa shape index (κ3) is 3.78. The topological polar surface area (TPSA) is 50.4 Å². The molecule has 0 aliphatic rings. The van der Waals surface area contributed by atoms with E-state index in [1.165, 1.54) is 5.39 Å². The van der Waals surface area contributed by atoms with Gasteiger partial charge in [0, 0.05) is 20.8 Å². The molecule has 4 aromatic carbocycles. The third-order valence-electron chi connectivity index (χ3n) is 5.31. The monoisotopic (exact) mass is 468 g/mol. The molecule has 0 atom stereocenters. The van der Waals surface area contributed by atoms with Crippen LogP contribution in [-0.2, 0) is 0 Å². The van der Waals surface area contributed by atoms with E-state index < -0.39 is 5.97 Å². The van der Waals surface area contributed by atoms with Crippen LogP contribution < -0.4 is 0 Å². The van der Waals surface area contributed by atoms with Gasteiger partial charge in [-0.2, -0.15) is 0 Å². The van der Waals surface area contributed by atoms with Crippen LogP contribution in [0.25, 0.3) is 45.2 Å². The summed E-state index contributed by atoms with van der Waals surface area (Å²) >= 11 is 3.44. The smallest absolute Gasteiger partial charge is 0.335 e. The number of carboxylic acid groups (broad SMARTS) is 1. The third-order valence-corrected chi connectivity index (χ3v) is 5.99. The molecule has 3 nitrogen and oxygen atoms in total. The highest BCUT2D eigenvalue weighted by molar-refractivity contribution is 9.10. The fraction of sp³-hybridized carbons (Fsp3) is 0. The summed E-state index contributed by atoms with van der Waals surface area (Å²) in [6.45, 7) is 0. The van der Waals surface area contributed by atoms with Crippen LogP contribution in [0.15, 0.2) is 93.8 Å². The molecular formula is C27H17BrO3. The maximum Gasteiger partial charge on any atom is 0.335 e. The number of furan rings is 1. The number of aromatic carboxylic acids is 1. The second kappa shape index (κ2) is 7.89. The first-order valence-corrected chi connectivity index (χ1v) is 10.6. The SMILES string of the molecule is O=C(O)c1ccc(/C=C/c2ccc(-c3cc4ccc5ccccc5c4o3)cc2)c(Br)c1. The van der Waals surface area contributed by atoms with Crippen LogP contribution in [0.3, 0.4) is 0 Å². The molecule has 5 rings (SSSR count). The molecule has 1 heterocycles. The van der Waals surface area contributed by atoms with Crippen LogP contribution >= 0.6 is 15.9 Å². The van der Waals surface area contributed by atoms with Gasteiger partial charge in [-0.25, -0.2) is 4.79 Å². The zero-order chi connectivity index (χ0) is 21.4. The van der Waals surface area contributed by atoms with Crippen molar-refractivity contribution in [3.05, 3.63) is 106 Å². The maximum atomic E-state index is 11.1. The molecule has 1 N–H and O–H groups in total. The van der Waals surface area contributed by atoms with Crippen molar-refractivity contribution in [2.24, 2.45) is 0 Å². The van der Waals surface area contributed by atoms with E-state index in [1.54, 1.807) is 18.2 Å². The van der Waals surface area contributed by atoms with Gasteiger partial charge in [0.15, 0.2) is 0 Å². The average Bonchev–Trinajstić information content (AvgIpc) is 3.23. The second-order valence-electron chi connectivity index (χ2n) is 7.31. The van der Waals surface area contributed by atoms with Gasteiger partial charge in [0.25, 0.3) is 0 Å². The molecule has 0 spiro atoms. The van der Waals surface area contributed by atoms with Crippen molar-refractivity contribution in [2.75, 3.05) is 0 Å². The fourth-order valence-electron chi connectivity index (χ4n) is 3.65. The quantitative estimate of drug-likeness (QED) is 0.273. The lowest BCUT2D eigenvalue weighted by Crippen LogP contribution is -1.95. The van der Waals surface area contributed by atoms with Gasteiger partial charge in [-0.15, -0.1) is 0 Å². The van der Waals surface area contributed by atoms with Crippen LogP contribution in [0, 0.1) is 0 Å². The molecule has 31 heavy (non-hydrogen) atoms. The van der Waals surface area contributed by atoms with E-state index in [-0.39, 0.29) is 5.56 Å². The van der Waals surface area contributed by atoms with Gasteiger partial charge in [0.05, 0.1) is 5.56 Å². The summed E-state index contributed by atoms with van der Waals surface area (Å²) in [6.07, 6.45) is 3.95. The number of hydrogen-bond donors (Lipinski definition) is 1. The second-order valence-corrected chi connectivity index (χ2v) is 8.17. The van der Waals surface area contributed by atoms with Crippen LogP contribution in [0.2, 0.25) is 0 Å². The van der Waals surface area contributed by atoms with Gasteiger partial charge < -0.3 is 9.52 Å². The highest BCUT2D eigenvalue weighted by Gasteiger charge is 2.09. The molecular weight excluding hydrogens is 452 g/mol. The lowest BCUT2D eigenvalue weighted by atomic mass is 10.1. The van der Waals surface area contributed by atoms with E-state index in [1.807, 2.05) is 48.6 Å². The number of fused-ring (bicyclic) bond motifs is 3. The van der Waals surface area contributed by atoms with E-state index in [0.29, 0.717) is 0 Å². The largest absolute Gasteiger partial charge is 0.478 e. The van der Waals surface area contributed by atoms with Crippen LogP contribution in [0.5, 0.6) is 0 Å². The minimum atomic E-state index is -0.939. The molecule has 0 saturated heterocycles. The van der Waals surface area contributed by atoms with Crippen molar-refractivity contribution in [3.63, 3.8) is 0 Å². The van der Waals surface area contributed by atoms with Crippen molar-refractivity contribution in [3.8, 4) is 11.3 Å². The summed E-state index contributed by atoms with van der Waals surface area (Å²) in [7, 11) is 0. The molecule has 0 aliphatic carbocycles. The normalized spacial score (nSPS) is 11.5. The van der Waals surface area contributed by atoms with Crippen molar-refractivity contribution in [1.29, 1.82) is 0 Å². The summed E-state index contributed by atoms with van der Waals surface area (Å²) in [5.74, 6) is -0.0979. The Bertz CT molecular complexity index is 1460. The lowest BCUT2D eigenvalue weighted by Gasteiger charge is -2.02. The minimum Gasteiger partial charge on any atom is -0.478 e. The number of halogens is 1. The predicted octanol–water partition coefficient (Wildman–Crippen LogP) is 7.88. The van der Waals surface area contributed by atoms with E-state index in [4.69, 9.17) is 9.52 Å². The lowest BCUT2D eigenvalue weighted by molar-refractivity contribution is 0.0697. The standard InChI is InChI=1S/C27H17BrO3/c28-24-15-22(27(29)30)14-12-19(24)8-5-17-6-9-20(10-7-17)25-16-21-13-11-18-3-1-2-4-23(18)26(21)31-25/h1-16H,(H,29,30)/b8-5+. The Morgan fingerprint density at radius 3 is 2.39 bits per heavy atom. The molecule has 5 aromatic rings. The van der Waals surface area contributed by atoms with Gasteiger partial charge in [0.2, 0.25) is 0 Å². The zero-order valence-electron chi connectivity index (χ0n) is 16.4.